The summed E-state index contributed by atoms with van der Waals surface area (Å²) in [6.07, 6.45) is 5.04. The average molecular weight is 410 g/mol. The predicted molar refractivity (Wildman–Crippen MR) is 106 cm³/mol. The lowest BCUT2D eigenvalue weighted by atomic mass is 10.1. The Hall–Kier alpha value is -3.72. The SMILES string of the molecule is COc1cc(-n2cnnn2)c(Cl)cc1C(=O)Nc1ccc(Cn2cccn2)cc1. The van der Waals surface area contributed by atoms with Crippen molar-refractivity contribution >= 4 is 23.2 Å². The van der Waals surface area contributed by atoms with Crippen LogP contribution in [0, 0.1) is 0 Å². The predicted octanol–water partition coefficient (Wildman–Crippen LogP) is 2.82. The molecule has 0 spiro atoms. The van der Waals surface area contributed by atoms with Gasteiger partial charge in [-0.05, 0) is 40.3 Å². The molecular weight excluding hydrogens is 394 g/mol. The normalized spacial score (nSPS) is 10.7. The van der Waals surface area contributed by atoms with Crippen molar-refractivity contribution in [3.63, 3.8) is 0 Å². The molecule has 1 N–H and O–H groups in total. The average Bonchev–Trinajstić information content (AvgIpc) is 3.43. The summed E-state index contributed by atoms with van der Waals surface area (Å²) in [6.45, 7) is 0.656. The van der Waals surface area contributed by atoms with E-state index in [1.54, 1.807) is 12.3 Å². The number of ether oxygens (including phenoxy) is 1. The molecule has 0 radical (unpaired) electrons. The van der Waals surface area contributed by atoms with Gasteiger partial charge >= 0.3 is 0 Å². The number of tetrazole rings is 1. The molecule has 0 saturated heterocycles. The van der Waals surface area contributed by atoms with E-state index in [9.17, 15) is 4.79 Å². The lowest BCUT2D eigenvalue weighted by molar-refractivity contribution is 0.102. The fourth-order valence-corrected chi connectivity index (χ4v) is 3.06. The topological polar surface area (TPSA) is 99.8 Å². The van der Waals surface area contributed by atoms with Crippen LogP contribution in [0.3, 0.4) is 0 Å². The van der Waals surface area contributed by atoms with Crippen LogP contribution < -0.4 is 10.1 Å². The minimum absolute atomic E-state index is 0.301. The van der Waals surface area contributed by atoms with Gasteiger partial charge in [0.05, 0.1) is 29.9 Å². The van der Waals surface area contributed by atoms with Crippen molar-refractivity contribution in [1.82, 2.24) is 30.0 Å². The van der Waals surface area contributed by atoms with Gasteiger partial charge < -0.3 is 10.1 Å². The van der Waals surface area contributed by atoms with Gasteiger partial charge in [-0.2, -0.15) is 9.78 Å². The third kappa shape index (κ3) is 4.09. The molecule has 29 heavy (non-hydrogen) atoms. The van der Waals surface area contributed by atoms with Crippen LogP contribution in [0.2, 0.25) is 5.02 Å². The number of nitrogens with zero attached hydrogens (tertiary/aromatic N) is 6. The zero-order valence-corrected chi connectivity index (χ0v) is 16.1. The molecule has 0 atom stereocenters. The van der Waals surface area contributed by atoms with Crippen molar-refractivity contribution in [1.29, 1.82) is 0 Å². The van der Waals surface area contributed by atoms with Crippen LogP contribution in [0.5, 0.6) is 5.75 Å². The van der Waals surface area contributed by atoms with E-state index in [-0.39, 0.29) is 5.91 Å². The molecule has 0 aliphatic rings. The number of rotatable bonds is 6. The van der Waals surface area contributed by atoms with E-state index in [2.05, 4.69) is 25.9 Å². The van der Waals surface area contributed by atoms with Crippen molar-refractivity contribution in [3.8, 4) is 11.4 Å². The summed E-state index contributed by atoms with van der Waals surface area (Å²) in [5.74, 6) is 0.0135. The Bertz CT molecular complexity index is 1110. The number of carbonyl (C=O) groups excluding carboxylic acids is 1. The van der Waals surface area contributed by atoms with Gasteiger partial charge in [0.15, 0.2) is 0 Å². The van der Waals surface area contributed by atoms with E-state index in [0.29, 0.717) is 34.3 Å². The second-order valence-corrected chi connectivity index (χ2v) is 6.52. The third-order valence-corrected chi connectivity index (χ3v) is 4.53. The molecule has 0 saturated carbocycles. The maximum absolute atomic E-state index is 12.8. The van der Waals surface area contributed by atoms with Crippen LogP contribution in [0.25, 0.3) is 5.69 Å². The van der Waals surface area contributed by atoms with E-state index >= 15 is 0 Å². The van der Waals surface area contributed by atoms with Gasteiger partial charge in [-0.3, -0.25) is 9.48 Å². The molecule has 4 rings (SSSR count). The summed E-state index contributed by atoms with van der Waals surface area (Å²) in [7, 11) is 1.48. The van der Waals surface area contributed by atoms with Gasteiger partial charge in [-0.15, -0.1) is 5.10 Å². The van der Waals surface area contributed by atoms with Gasteiger partial charge in [0.25, 0.3) is 5.91 Å². The maximum Gasteiger partial charge on any atom is 0.259 e. The quantitative estimate of drug-likeness (QED) is 0.525. The summed E-state index contributed by atoms with van der Waals surface area (Å²) >= 11 is 6.33. The fourth-order valence-electron chi connectivity index (χ4n) is 2.81. The highest BCUT2D eigenvalue weighted by Crippen LogP contribution is 2.30. The summed E-state index contributed by atoms with van der Waals surface area (Å²) in [5.41, 5.74) is 2.53. The Labute approximate surface area is 170 Å². The van der Waals surface area contributed by atoms with E-state index in [4.69, 9.17) is 16.3 Å². The zero-order valence-electron chi connectivity index (χ0n) is 15.4. The van der Waals surface area contributed by atoms with Crippen molar-refractivity contribution in [2.75, 3.05) is 12.4 Å². The molecule has 1 amide bonds. The Morgan fingerprint density at radius 2 is 2.07 bits per heavy atom. The van der Waals surface area contributed by atoms with Crippen molar-refractivity contribution in [2.24, 2.45) is 0 Å². The first-order chi connectivity index (χ1) is 14.1. The smallest absolute Gasteiger partial charge is 0.259 e. The monoisotopic (exact) mass is 409 g/mol. The summed E-state index contributed by atoms with van der Waals surface area (Å²) < 4.78 is 8.58. The van der Waals surface area contributed by atoms with E-state index in [1.807, 2.05) is 41.2 Å². The summed E-state index contributed by atoms with van der Waals surface area (Å²) in [5, 5.41) is 18.3. The molecule has 0 aliphatic carbocycles. The number of halogens is 1. The zero-order chi connectivity index (χ0) is 20.2. The molecule has 0 aliphatic heterocycles. The van der Waals surface area contributed by atoms with E-state index < -0.39 is 0 Å². The number of nitrogens with one attached hydrogen (secondary N) is 1. The van der Waals surface area contributed by atoms with E-state index in [0.717, 1.165) is 5.56 Å². The van der Waals surface area contributed by atoms with Crippen molar-refractivity contribution in [3.05, 3.63) is 77.3 Å². The first kappa shape index (κ1) is 18.6. The van der Waals surface area contributed by atoms with Crippen LogP contribution in [-0.2, 0) is 6.54 Å². The first-order valence-electron chi connectivity index (χ1n) is 8.62. The van der Waals surface area contributed by atoms with Gasteiger partial charge in [0.2, 0.25) is 0 Å². The Balaban J connectivity index is 1.52. The Morgan fingerprint density at radius 1 is 1.24 bits per heavy atom. The van der Waals surface area contributed by atoms with Crippen LogP contribution in [0.15, 0.2) is 61.2 Å². The van der Waals surface area contributed by atoms with Crippen molar-refractivity contribution in [2.45, 2.75) is 6.54 Å². The van der Waals surface area contributed by atoms with Crippen LogP contribution in [0.4, 0.5) is 5.69 Å². The highest BCUT2D eigenvalue weighted by atomic mass is 35.5. The molecule has 10 heteroatoms. The van der Waals surface area contributed by atoms with Gasteiger partial charge in [-0.1, -0.05) is 23.7 Å². The van der Waals surface area contributed by atoms with Gasteiger partial charge in [-0.25, -0.2) is 0 Å². The first-order valence-corrected chi connectivity index (χ1v) is 9.00. The lowest BCUT2D eigenvalue weighted by Crippen LogP contribution is -2.14. The molecular formula is C19H16ClN7O2. The number of hydrogen-bond donors (Lipinski definition) is 1. The molecule has 2 heterocycles. The van der Waals surface area contributed by atoms with Crippen molar-refractivity contribution < 1.29 is 9.53 Å². The molecule has 4 aromatic rings. The van der Waals surface area contributed by atoms with Crippen LogP contribution in [0.1, 0.15) is 15.9 Å². The molecule has 2 aromatic heterocycles. The van der Waals surface area contributed by atoms with Crippen LogP contribution in [-0.4, -0.2) is 43.0 Å². The van der Waals surface area contributed by atoms with Gasteiger partial charge in [0, 0.05) is 24.1 Å². The number of carbonyl (C=O) groups is 1. The molecule has 0 unspecified atom stereocenters. The largest absolute Gasteiger partial charge is 0.496 e. The Kier molecular flexibility index (Phi) is 5.21. The molecule has 2 aromatic carbocycles. The maximum atomic E-state index is 12.8. The summed E-state index contributed by atoms with van der Waals surface area (Å²) in [6, 6.07) is 12.5. The Morgan fingerprint density at radius 3 is 2.72 bits per heavy atom. The number of anilines is 1. The highest BCUT2D eigenvalue weighted by Gasteiger charge is 2.17. The van der Waals surface area contributed by atoms with Crippen LogP contribution >= 0.6 is 11.6 Å². The second-order valence-electron chi connectivity index (χ2n) is 6.11. The lowest BCUT2D eigenvalue weighted by Gasteiger charge is -2.13. The molecule has 0 bridgehead atoms. The van der Waals surface area contributed by atoms with E-state index in [1.165, 1.54) is 24.2 Å². The summed E-state index contributed by atoms with van der Waals surface area (Å²) in [4.78, 5) is 12.8. The number of benzene rings is 2. The minimum Gasteiger partial charge on any atom is -0.496 e. The van der Waals surface area contributed by atoms with Gasteiger partial charge in [0.1, 0.15) is 12.1 Å². The number of aromatic nitrogens is 6. The second kappa shape index (κ2) is 8.11. The fraction of sp³-hybridized carbons (Fsp3) is 0.105. The third-order valence-electron chi connectivity index (χ3n) is 4.22. The molecule has 9 nitrogen and oxygen atoms in total. The number of amides is 1. The number of methoxy groups -OCH3 is 1. The standard InChI is InChI=1S/C19H16ClN7O2/c1-29-18-10-17(27-12-21-24-25-27)16(20)9-15(18)19(28)23-14-5-3-13(4-6-14)11-26-8-2-7-22-26/h2-10,12H,11H2,1H3,(H,23,28). The highest BCUT2D eigenvalue weighted by molar-refractivity contribution is 6.33. The molecule has 146 valence electrons. The molecule has 0 fully saturated rings. The number of hydrogen-bond acceptors (Lipinski definition) is 6. The minimum atomic E-state index is -0.341.